The number of ether oxygens (including phenoxy) is 1. The molecule has 3 nitrogen and oxygen atoms in total. The fourth-order valence-electron chi connectivity index (χ4n) is 1.84. The normalized spacial score (nSPS) is 23.7. The number of hydrogen-bond donors (Lipinski definition) is 1. The van der Waals surface area contributed by atoms with Crippen molar-refractivity contribution >= 4 is 28.5 Å². The smallest absolute Gasteiger partial charge is 0.252 e. The van der Waals surface area contributed by atoms with Gasteiger partial charge in [-0.25, -0.2) is 4.39 Å². The third-order valence-corrected chi connectivity index (χ3v) is 3.76. The molecule has 0 spiro atoms. The van der Waals surface area contributed by atoms with E-state index in [4.69, 9.17) is 4.74 Å². The van der Waals surface area contributed by atoms with Crippen LogP contribution in [0.4, 0.5) is 4.39 Å². The molecule has 0 radical (unpaired) electrons. The number of hydrogen-bond acceptors (Lipinski definition) is 2. The molecule has 2 atom stereocenters. The second kappa shape index (κ2) is 5.30. The molecule has 2 unspecified atom stereocenters. The largest absolute Gasteiger partial charge is 0.376 e. The molecule has 5 heteroatoms. The standard InChI is InChI=1S/C12H13FINO2/c1-7-11(4-5-17-7)15-12(16)9-3-2-8(13)6-10(9)14/h2-3,6-7,11H,4-5H2,1H3,(H,15,16). The summed E-state index contributed by atoms with van der Waals surface area (Å²) in [7, 11) is 0. The van der Waals surface area contributed by atoms with E-state index in [9.17, 15) is 9.18 Å². The van der Waals surface area contributed by atoms with Crippen molar-refractivity contribution in [2.24, 2.45) is 0 Å². The van der Waals surface area contributed by atoms with Crippen LogP contribution >= 0.6 is 22.6 Å². The van der Waals surface area contributed by atoms with Gasteiger partial charge in [-0.3, -0.25) is 4.79 Å². The molecular weight excluding hydrogens is 336 g/mol. The van der Waals surface area contributed by atoms with Gasteiger partial charge in [0.05, 0.1) is 17.7 Å². The molecular formula is C12H13FINO2. The van der Waals surface area contributed by atoms with Gasteiger partial charge in [-0.2, -0.15) is 0 Å². The molecule has 1 saturated heterocycles. The van der Waals surface area contributed by atoms with Crippen LogP contribution in [-0.2, 0) is 4.74 Å². The van der Waals surface area contributed by atoms with E-state index in [1.807, 2.05) is 29.5 Å². The summed E-state index contributed by atoms with van der Waals surface area (Å²) in [6, 6.07) is 4.20. The Balaban J connectivity index is 2.09. The Morgan fingerprint density at radius 2 is 2.35 bits per heavy atom. The van der Waals surface area contributed by atoms with Crippen molar-refractivity contribution in [2.45, 2.75) is 25.5 Å². The van der Waals surface area contributed by atoms with Crippen molar-refractivity contribution in [3.63, 3.8) is 0 Å². The van der Waals surface area contributed by atoms with Gasteiger partial charge in [0.15, 0.2) is 0 Å². The second-order valence-electron chi connectivity index (χ2n) is 4.07. The molecule has 2 rings (SSSR count). The predicted molar refractivity (Wildman–Crippen MR) is 70.4 cm³/mol. The Morgan fingerprint density at radius 3 is 2.94 bits per heavy atom. The monoisotopic (exact) mass is 349 g/mol. The minimum absolute atomic E-state index is 0.0389. The Kier molecular flexibility index (Phi) is 3.98. The first kappa shape index (κ1) is 12.8. The first-order chi connectivity index (χ1) is 8.08. The number of carbonyl (C=O) groups is 1. The number of carbonyl (C=O) groups excluding carboxylic acids is 1. The number of amides is 1. The van der Waals surface area contributed by atoms with Gasteiger partial charge in [0.25, 0.3) is 5.91 Å². The summed E-state index contributed by atoms with van der Waals surface area (Å²) in [4.78, 5) is 12.0. The van der Waals surface area contributed by atoms with E-state index in [2.05, 4.69) is 5.32 Å². The van der Waals surface area contributed by atoms with Gasteiger partial charge < -0.3 is 10.1 Å². The SMILES string of the molecule is CC1OCCC1NC(=O)c1ccc(F)cc1I. The Labute approximate surface area is 113 Å². The molecule has 0 saturated carbocycles. The summed E-state index contributed by atoms with van der Waals surface area (Å²) in [5.41, 5.74) is 0.506. The summed E-state index contributed by atoms with van der Waals surface area (Å²) >= 11 is 1.96. The van der Waals surface area contributed by atoms with Gasteiger partial charge in [-0.05, 0) is 54.1 Å². The number of rotatable bonds is 2. The highest BCUT2D eigenvalue weighted by Gasteiger charge is 2.26. The third-order valence-electron chi connectivity index (χ3n) is 2.87. The number of halogens is 2. The zero-order valence-electron chi connectivity index (χ0n) is 9.37. The minimum atomic E-state index is -0.330. The fourth-order valence-corrected chi connectivity index (χ4v) is 2.56. The van der Waals surface area contributed by atoms with Crippen LogP contribution in [0.5, 0.6) is 0 Å². The molecule has 1 fully saturated rings. The maximum atomic E-state index is 12.9. The zero-order chi connectivity index (χ0) is 12.4. The van der Waals surface area contributed by atoms with Crippen LogP contribution in [0.15, 0.2) is 18.2 Å². The van der Waals surface area contributed by atoms with Crippen LogP contribution in [0.1, 0.15) is 23.7 Å². The lowest BCUT2D eigenvalue weighted by Crippen LogP contribution is -2.39. The molecule has 17 heavy (non-hydrogen) atoms. The highest BCUT2D eigenvalue weighted by molar-refractivity contribution is 14.1. The first-order valence-electron chi connectivity index (χ1n) is 5.45. The lowest BCUT2D eigenvalue weighted by molar-refractivity contribution is 0.0865. The Bertz CT molecular complexity index is 439. The van der Waals surface area contributed by atoms with Gasteiger partial charge in [0.2, 0.25) is 0 Å². The van der Waals surface area contributed by atoms with Crippen molar-refractivity contribution in [3.05, 3.63) is 33.1 Å². The highest BCUT2D eigenvalue weighted by atomic mass is 127. The van der Waals surface area contributed by atoms with Gasteiger partial charge in [0, 0.05) is 10.2 Å². The minimum Gasteiger partial charge on any atom is -0.376 e. The number of nitrogens with one attached hydrogen (secondary N) is 1. The number of benzene rings is 1. The van der Waals surface area contributed by atoms with Crippen LogP contribution in [0.3, 0.4) is 0 Å². The van der Waals surface area contributed by atoms with Crippen molar-refractivity contribution in [2.75, 3.05) is 6.61 Å². The summed E-state index contributed by atoms with van der Waals surface area (Å²) < 4.78 is 18.9. The van der Waals surface area contributed by atoms with Crippen LogP contribution < -0.4 is 5.32 Å². The predicted octanol–water partition coefficient (Wildman–Crippen LogP) is 2.34. The molecule has 1 amide bonds. The van der Waals surface area contributed by atoms with Crippen LogP contribution in [-0.4, -0.2) is 24.7 Å². The van der Waals surface area contributed by atoms with Crippen molar-refractivity contribution < 1.29 is 13.9 Å². The van der Waals surface area contributed by atoms with Gasteiger partial charge in [-0.1, -0.05) is 0 Å². The lowest BCUT2D eigenvalue weighted by Gasteiger charge is -2.16. The van der Waals surface area contributed by atoms with Gasteiger partial charge in [-0.15, -0.1) is 0 Å². The summed E-state index contributed by atoms with van der Waals surface area (Å²) in [6.45, 7) is 2.61. The summed E-state index contributed by atoms with van der Waals surface area (Å²) in [5.74, 6) is -0.500. The molecule has 0 aromatic heterocycles. The summed E-state index contributed by atoms with van der Waals surface area (Å²) in [6.07, 6.45) is 0.863. The van der Waals surface area contributed by atoms with Crippen LogP contribution in [0.25, 0.3) is 0 Å². The zero-order valence-corrected chi connectivity index (χ0v) is 11.5. The molecule has 1 aromatic rings. The maximum absolute atomic E-state index is 12.9. The highest BCUT2D eigenvalue weighted by Crippen LogP contribution is 2.17. The van der Waals surface area contributed by atoms with E-state index in [0.29, 0.717) is 15.7 Å². The molecule has 1 aliphatic heterocycles. The van der Waals surface area contributed by atoms with E-state index in [1.165, 1.54) is 18.2 Å². The Morgan fingerprint density at radius 1 is 1.59 bits per heavy atom. The summed E-state index contributed by atoms with van der Waals surface area (Å²) in [5, 5.41) is 2.91. The quantitative estimate of drug-likeness (QED) is 0.833. The van der Waals surface area contributed by atoms with Crippen molar-refractivity contribution in [1.29, 1.82) is 0 Å². The van der Waals surface area contributed by atoms with Crippen LogP contribution in [0.2, 0.25) is 0 Å². The Hall–Kier alpha value is -0.690. The molecule has 0 bridgehead atoms. The van der Waals surface area contributed by atoms with E-state index >= 15 is 0 Å². The van der Waals surface area contributed by atoms with Crippen LogP contribution in [0, 0.1) is 9.39 Å². The van der Waals surface area contributed by atoms with E-state index < -0.39 is 0 Å². The molecule has 1 aliphatic rings. The molecule has 1 N–H and O–H groups in total. The topological polar surface area (TPSA) is 38.3 Å². The lowest BCUT2D eigenvalue weighted by atomic mass is 10.1. The maximum Gasteiger partial charge on any atom is 0.252 e. The van der Waals surface area contributed by atoms with E-state index in [1.54, 1.807) is 0 Å². The fraction of sp³-hybridized carbons (Fsp3) is 0.417. The van der Waals surface area contributed by atoms with Gasteiger partial charge in [0.1, 0.15) is 5.82 Å². The molecule has 92 valence electrons. The van der Waals surface area contributed by atoms with Crippen molar-refractivity contribution in [3.8, 4) is 0 Å². The molecule has 1 heterocycles. The average molecular weight is 349 g/mol. The average Bonchev–Trinajstić information content (AvgIpc) is 2.64. The van der Waals surface area contributed by atoms with E-state index in [0.717, 1.165) is 6.42 Å². The molecule has 0 aliphatic carbocycles. The third kappa shape index (κ3) is 2.95. The second-order valence-corrected chi connectivity index (χ2v) is 5.23. The first-order valence-corrected chi connectivity index (χ1v) is 6.53. The van der Waals surface area contributed by atoms with E-state index in [-0.39, 0.29) is 23.9 Å². The van der Waals surface area contributed by atoms with Crippen molar-refractivity contribution in [1.82, 2.24) is 5.32 Å². The molecule has 1 aromatic carbocycles. The van der Waals surface area contributed by atoms with Gasteiger partial charge >= 0.3 is 0 Å².